The molecular weight excluding hydrogens is 394 g/mol. The van der Waals surface area contributed by atoms with Crippen molar-refractivity contribution in [3.8, 4) is 0 Å². The molecule has 0 aromatic heterocycles. The van der Waals surface area contributed by atoms with Crippen molar-refractivity contribution >= 4 is 11.9 Å². The van der Waals surface area contributed by atoms with Crippen molar-refractivity contribution in [1.82, 2.24) is 0 Å². The third-order valence-corrected chi connectivity index (χ3v) is 7.74. The van der Waals surface area contributed by atoms with Crippen LogP contribution in [0, 0.1) is 16.7 Å². The topological polar surface area (TPSA) is 115 Å². The maximum Gasteiger partial charge on any atom is 0.306 e. The van der Waals surface area contributed by atoms with E-state index >= 15 is 0 Å². The summed E-state index contributed by atoms with van der Waals surface area (Å²) in [5.74, 6) is -0.584. The van der Waals surface area contributed by atoms with E-state index in [1.54, 1.807) is 0 Å². The first-order chi connectivity index (χ1) is 14.0. The number of hydrogen-bond donors (Lipinski definition) is 2. The number of aliphatic hydroxyl groups is 2. The lowest BCUT2D eigenvalue weighted by Crippen LogP contribution is -2.67. The van der Waals surface area contributed by atoms with Gasteiger partial charge in [-0.05, 0) is 18.4 Å². The molecule has 168 valence electrons. The number of rotatable bonds is 5. The van der Waals surface area contributed by atoms with Gasteiger partial charge in [-0.3, -0.25) is 9.59 Å². The van der Waals surface area contributed by atoms with Crippen molar-refractivity contribution in [3.63, 3.8) is 0 Å². The van der Waals surface area contributed by atoms with Gasteiger partial charge in [0.2, 0.25) is 0 Å². The Labute approximate surface area is 176 Å². The largest absolute Gasteiger partial charge is 0.465 e. The number of epoxide rings is 1. The Bertz CT molecular complexity index is 771. The van der Waals surface area contributed by atoms with Gasteiger partial charge in [-0.1, -0.05) is 26.8 Å². The standard InChI is InChI=1S/C22H32O8/c1-11(2)6-16(24)29-14-8-21(9-27-13(4)23)15(7-12(14)3)30-19-17(25)18(26)20(21,5)22(19)10-28-22/h7,11,14-15,17-19,25-26H,6,8-10H2,1-5H3/t14-,15+,17+,18+,19+,20+,21+,22-/m0/s1/i4+1,13+1. The summed E-state index contributed by atoms with van der Waals surface area (Å²) >= 11 is 0. The van der Waals surface area contributed by atoms with E-state index < -0.39 is 52.9 Å². The quantitative estimate of drug-likeness (QED) is 0.291. The Morgan fingerprint density at radius 3 is 2.57 bits per heavy atom. The van der Waals surface area contributed by atoms with E-state index in [0.717, 1.165) is 5.57 Å². The van der Waals surface area contributed by atoms with Gasteiger partial charge in [-0.15, -0.1) is 0 Å². The van der Waals surface area contributed by atoms with Gasteiger partial charge in [0.15, 0.2) is 0 Å². The van der Waals surface area contributed by atoms with Crippen molar-refractivity contribution < 1.29 is 38.7 Å². The van der Waals surface area contributed by atoms with Gasteiger partial charge >= 0.3 is 11.9 Å². The molecule has 2 saturated heterocycles. The van der Waals surface area contributed by atoms with Crippen LogP contribution >= 0.6 is 0 Å². The lowest BCUT2D eigenvalue weighted by molar-refractivity contribution is -0.239. The number of carbonyl (C=O) groups is 2. The van der Waals surface area contributed by atoms with Crippen molar-refractivity contribution in [3.05, 3.63) is 11.6 Å². The summed E-state index contributed by atoms with van der Waals surface area (Å²) in [5, 5.41) is 21.9. The SMILES string of the molecule is CC1=C[C@H]2O[C@@H]3[C@H](O)[C@@H](O)[C@](C)([C@@]2(CO[13C]([13CH3])=O)C[C@@H]1OC(=O)CC(C)C)[C@]31CO1. The smallest absolute Gasteiger partial charge is 0.306 e. The van der Waals surface area contributed by atoms with Crippen LogP contribution in [0.4, 0.5) is 0 Å². The van der Waals surface area contributed by atoms with E-state index in [4.69, 9.17) is 18.9 Å². The summed E-state index contributed by atoms with van der Waals surface area (Å²) in [4.78, 5) is 24.1. The van der Waals surface area contributed by atoms with Crippen LogP contribution in [-0.4, -0.2) is 71.5 Å². The second kappa shape index (κ2) is 7.02. The van der Waals surface area contributed by atoms with Crippen molar-refractivity contribution in [2.75, 3.05) is 13.2 Å². The van der Waals surface area contributed by atoms with Gasteiger partial charge in [-0.2, -0.15) is 0 Å². The maximum absolute atomic E-state index is 12.4. The minimum absolute atomic E-state index is 0.0346. The monoisotopic (exact) mass is 426 g/mol. The highest BCUT2D eigenvalue weighted by atomic mass is 16.7. The van der Waals surface area contributed by atoms with Crippen molar-refractivity contribution in [1.29, 1.82) is 0 Å². The Hall–Kier alpha value is -1.48. The summed E-state index contributed by atoms with van der Waals surface area (Å²) < 4.78 is 23.4. The molecule has 8 nitrogen and oxygen atoms in total. The molecule has 0 unspecified atom stereocenters. The lowest BCUT2D eigenvalue weighted by Gasteiger charge is -2.58. The third kappa shape index (κ3) is 2.80. The van der Waals surface area contributed by atoms with E-state index in [2.05, 4.69) is 0 Å². The molecule has 1 saturated carbocycles. The van der Waals surface area contributed by atoms with E-state index in [0.29, 0.717) is 19.4 Å². The molecule has 4 aliphatic rings. The van der Waals surface area contributed by atoms with Gasteiger partial charge in [0.1, 0.15) is 30.5 Å². The average molecular weight is 426 g/mol. The first-order valence-corrected chi connectivity index (χ1v) is 10.7. The Balaban J connectivity index is 1.75. The molecule has 2 bridgehead atoms. The molecular formula is C22H32O8. The zero-order valence-corrected chi connectivity index (χ0v) is 18.2. The second-order valence-corrected chi connectivity index (χ2v) is 9.92. The Morgan fingerprint density at radius 1 is 1.33 bits per heavy atom. The zero-order valence-electron chi connectivity index (χ0n) is 18.2. The van der Waals surface area contributed by atoms with Crippen LogP contribution in [0.2, 0.25) is 0 Å². The highest BCUT2D eigenvalue weighted by molar-refractivity contribution is 5.70. The van der Waals surface area contributed by atoms with Gasteiger partial charge < -0.3 is 29.2 Å². The molecule has 1 spiro atoms. The fraction of sp³-hybridized carbons (Fsp3) is 0.818. The highest BCUT2D eigenvalue weighted by Gasteiger charge is 2.85. The fourth-order valence-electron chi connectivity index (χ4n) is 5.92. The van der Waals surface area contributed by atoms with Crippen LogP contribution < -0.4 is 0 Å². The van der Waals surface area contributed by atoms with E-state index in [1.165, 1.54) is 6.92 Å². The second-order valence-electron chi connectivity index (χ2n) is 9.92. The predicted octanol–water partition coefficient (Wildman–Crippen LogP) is 1.12. The molecule has 0 aromatic carbocycles. The molecule has 0 radical (unpaired) electrons. The van der Waals surface area contributed by atoms with Crippen LogP contribution in [0.1, 0.15) is 47.5 Å². The molecule has 8 atom stereocenters. The molecule has 30 heavy (non-hydrogen) atoms. The van der Waals surface area contributed by atoms with Gasteiger partial charge in [-0.25, -0.2) is 0 Å². The maximum atomic E-state index is 12.4. The van der Waals surface area contributed by atoms with Crippen molar-refractivity contribution in [2.24, 2.45) is 16.7 Å². The number of ether oxygens (including phenoxy) is 4. The first kappa shape index (κ1) is 21.7. The average Bonchev–Trinajstić information content (AvgIpc) is 3.43. The zero-order chi connectivity index (χ0) is 22.1. The number of aliphatic hydroxyl groups excluding tert-OH is 2. The number of esters is 2. The van der Waals surface area contributed by atoms with Gasteiger partial charge in [0.05, 0.1) is 18.8 Å². The normalized spacial score (nSPS) is 46.4. The Kier molecular flexibility index (Phi) is 5.09. The van der Waals surface area contributed by atoms with Crippen LogP contribution in [-0.2, 0) is 28.5 Å². The molecule has 3 fully saturated rings. The summed E-state index contributed by atoms with van der Waals surface area (Å²) in [6.07, 6.45) is -1.50. The minimum Gasteiger partial charge on any atom is -0.465 e. The van der Waals surface area contributed by atoms with Crippen LogP contribution in [0.25, 0.3) is 0 Å². The van der Waals surface area contributed by atoms with Gasteiger partial charge in [0, 0.05) is 30.6 Å². The molecule has 2 heterocycles. The molecule has 0 aromatic rings. The van der Waals surface area contributed by atoms with E-state index in [-0.39, 0.29) is 18.5 Å². The number of carbonyl (C=O) groups excluding carboxylic acids is 2. The van der Waals surface area contributed by atoms with Crippen LogP contribution in [0.15, 0.2) is 11.6 Å². The summed E-state index contributed by atoms with van der Waals surface area (Å²) in [6.45, 7) is 9.28. The van der Waals surface area contributed by atoms with E-state index in [1.807, 2.05) is 33.8 Å². The fourth-order valence-corrected chi connectivity index (χ4v) is 5.92. The minimum atomic E-state index is -1.13. The molecule has 4 rings (SSSR count). The molecule has 2 aliphatic carbocycles. The first-order valence-electron chi connectivity index (χ1n) is 10.7. The summed E-state index contributed by atoms with van der Waals surface area (Å²) in [5.41, 5.74) is -1.89. The lowest BCUT2D eigenvalue weighted by atomic mass is 9.51. The number of hydrogen-bond acceptors (Lipinski definition) is 8. The number of fused-ring (bicyclic) bond motifs is 2. The van der Waals surface area contributed by atoms with Crippen molar-refractivity contribution in [2.45, 2.75) is 83.6 Å². The summed E-state index contributed by atoms with van der Waals surface area (Å²) in [7, 11) is 0. The predicted molar refractivity (Wildman–Crippen MR) is 104 cm³/mol. The third-order valence-electron chi connectivity index (χ3n) is 7.74. The highest BCUT2D eigenvalue weighted by Crippen LogP contribution is 2.71. The molecule has 2 N–H and O–H groups in total. The molecule has 8 heteroatoms. The van der Waals surface area contributed by atoms with Gasteiger partial charge in [0.25, 0.3) is 0 Å². The molecule has 2 aliphatic heterocycles. The Morgan fingerprint density at radius 2 is 2.00 bits per heavy atom. The summed E-state index contributed by atoms with van der Waals surface area (Å²) in [6, 6.07) is 0. The van der Waals surface area contributed by atoms with Crippen LogP contribution in [0.3, 0.4) is 0 Å². The van der Waals surface area contributed by atoms with Crippen LogP contribution in [0.5, 0.6) is 0 Å². The molecule has 0 amide bonds. The van der Waals surface area contributed by atoms with E-state index in [9.17, 15) is 19.8 Å².